The van der Waals surface area contributed by atoms with Crippen molar-refractivity contribution in [3.8, 4) is 22.8 Å². The number of nitrogens with zero attached hydrogens (tertiary/aromatic N) is 2. The Hall–Kier alpha value is -2.22. The molecular formula is C19H23ClF3N3O2. The SMILES string of the molecule is CCCCCNc1nc(Cl)c(-c2ccc(OC(F)(F)F)cc2OC)nc1CC. The Bertz CT molecular complexity index is 801. The van der Waals surface area contributed by atoms with Gasteiger partial charge in [0.15, 0.2) is 5.15 Å². The monoisotopic (exact) mass is 417 g/mol. The van der Waals surface area contributed by atoms with Gasteiger partial charge in [0.25, 0.3) is 0 Å². The Morgan fingerprint density at radius 2 is 1.89 bits per heavy atom. The number of benzene rings is 1. The molecule has 1 N–H and O–H groups in total. The van der Waals surface area contributed by atoms with Crippen molar-refractivity contribution in [1.29, 1.82) is 0 Å². The normalized spacial score (nSPS) is 11.4. The van der Waals surface area contributed by atoms with E-state index in [1.165, 1.54) is 19.2 Å². The van der Waals surface area contributed by atoms with E-state index in [0.29, 0.717) is 29.2 Å². The van der Waals surface area contributed by atoms with Crippen LogP contribution in [-0.2, 0) is 6.42 Å². The first-order valence-electron chi connectivity index (χ1n) is 9.03. The molecule has 1 aromatic heterocycles. The van der Waals surface area contributed by atoms with Gasteiger partial charge in [-0.25, -0.2) is 9.97 Å². The van der Waals surface area contributed by atoms with Gasteiger partial charge in [-0.3, -0.25) is 0 Å². The van der Waals surface area contributed by atoms with E-state index in [-0.39, 0.29) is 16.7 Å². The standard InChI is InChI=1S/C19H23ClF3N3O2/c1-4-6-7-10-24-18-14(5-2)25-16(17(20)26-18)13-9-8-12(11-15(13)27-3)28-19(21,22)23/h8-9,11H,4-7,10H2,1-3H3,(H,24,26). The van der Waals surface area contributed by atoms with Gasteiger partial charge in [0, 0.05) is 18.2 Å². The number of halogens is 4. The molecule has 154 valence electrons. The molecule has 0 aliphatic carbocycles. The summed E-state index contributed by atoms with van der Waals surface area (Å²) in [5.41, 5.74) is 1.49. The molecule has 5 nitrogen and oxygen atoms in total. The molecule has 1 aromatic carbocycles. The molecule has 0 fully saturated rings. The summed E-state index contributed by atoms with van der Waals surface area (Å²) < 4.78 is 46.5. The predicted molar refractivity (Wildman–Crippen MR) is 103 cm³/mol. The Morgan fingerprint density at radius 1 is 1.14 bits per heavy atom. The molecule has 2 rings (SSSR count). The van der Waals surface area contributed by atoms with Crippen molar-refractivity contribution in [2.24, 2.45) is 0 Å². The molecule has 0 aliphatic heterocycles. The number of anilines is 1. The maximum Gasteiger partial charge on any atom is 0.573 e. The molecule has 2 aromatic rings. The maximum atomic E-state index is 12.4. The molecule has 9 heteroatoms. The molecule has 1 heterocycles. The van der Waals surface area contributed by atoms with Crippen LogP contribution < -0.4 is 14.8 Å². The van der Waals surface area contributed by atoms with Crippen molar-refractivity contribution in [2.45, 2.75) is 45.9 Å². The van der Waals surface area contributed by atoms with Gasteiger partial charge in [0.05, 0.1) is 12.8 Å². The summed E-state index contributed by atoms with van der Waals surface area (Å²) in [5, 5.41) is 3.38. The van der Waals surface area contributed by atoms with E-state index >= 15 is 0 Å². The van der Waals surface area contributed by atoms with Gasteiger partial charge in [-0.15, -0.1) is 13.2 Å². The molecule has 28 heavy (non-hydrogen) atoms. The molecule has 0 atom stereocenters. The fourth-order valence-corrected chi connectivity index (χ4v) is 2.88. The highest BCUT2D eigenvalue weighted by Crippen LogP contribution is 2.37. The van der Waals surface area contributed by atoms with Crippen molar-refractivity contribution in [3.63, 3.8) is 0 Å². The Labute approximate surface area is 167 Å². The third kappa shape index (κ3) is 5.89. The predicted octanol–water partition coefficient (Wildman–Crippen LogP) is 5.87. The van der Waals surface area contributed by atoms with Crippen LogP contribution in [0, 0.1) is 0 Å². The minimum absolute atomic E-state index is 0.137. The molecule has 0 unspecified atom stereocenters. The van der Waals surface area contributed by atoms with E-state index in [9.17, 15) is 13.2 Å². The largest absolute Gasteiger partial charge is 0.573 e. The van der Waals surface area contributed by atoms with Gasteiger partial charge >= 0.3 is 6.36 Å². The van der Waals surface area contributed by atoms with Crippen molar-refractivity contribution in [3.05, 3.63) is 29.0 Å². The zero-order valence-corrected chi connectivity index (χ0v) is 16.7. The number of nitrogens with one attached hydrogen (secondary N) is 1. The molecule has 0 saturated carbocycles. The van der Waals surface area contributed by atoms with Crippen LogP contribution in [0.3, 0.4) is 0 Å². The number of aromatic nitrogens is 2. The van der Waals surface area contributed by atoms with E-state index in [2.05, 4.69) is 26.9 Å². The fraction of sp³-hybridized carbons (Fsp3) is 0.474. The first-order valence-corrected chi connectivity index (χ1v) is 9.41. The zero-order valence-electron chi connectivity index (χ0n) is 16.0. The maximum absolute atomic E-state index is 12.4. The quantitative estimate of drug-likeness (QED) is 0.517. The van der Waals surface area contributed by atoms with E-state index in [1.807, 2.05) is 6.92 Å². The molecule has 0 radical (unpaired) electrons. The number of rotatable bonds is 9. The second-order valence-electron chi connectivity index (χ2n) is 6.06. The minimum Gasteiger partial charge on any atom is -0.496 e. The first kappa shape index (κ1) is 22.1. The number of unbranched alkanes of at least 4 members (excludes halogenated alkanes) is 2. The van der Waals surface area contributed by atoms with Crippen molar-refractivity contribution in [1.82, 2.24) is 9.97 Å². The van der Waals surface area contributed by atoms with Crippen LogP contribution in [0.5, 0.6) is 11.5 Å². The smallest absolute Gasteiger partial charge is 0.496 e. The van der Waals surface area contributed by atoms with E-state index < -0.39 is 6.36 Å². The van der Waals surface area contributed by atoms with Crippen LogP contribution in [-0.4, -0.2) is 30.0 Å². The van der Waals surface area contributed by atoms with Crippen LogP contribution in [0.1, 0.15) is 38.8 Å². The highest BCUT2D eigenvalue weighted by molar-refractivity contribution is 6.32. The number of hydrogen-bond donors (Lipinski definition) is 1. The number of aryl methyl sites for hydroxylation is 1. The van der Waals surface area contributed by atoms with Gasteiger partial charge in [0.2, 0.25) is 0 Å². The van der Waals surface area contributed by atoms with E-state index in [4.69, 9.17) is 16.3 Å². The fourth-order valence-electron chi connectivity index (χ4n) is 2.66. The van der Waals surface area contributed by atoms with Crippen LogP contribution in [0.15, 0.2) is 18.2 Å². The molecular weight excluding hydrogens is 395 g/mol. The molecule has 0 spiro atoms. The summed E-state index contributed by atoms with van der Waals surface area (Å²) in [7, 11) is 1.35. The highest BCUT2D eigenvalue weighted by atomic mass is 35.5. The van der Waals surface area contributed by atoms with Crippen molar-refractivity contribution >= 4 is 17.4 Å². The Kier molecular flexibility index (Phi) is 7.74. The average molecular weight is 418 g/mol. The average Bonchev–Trinajstić information content (AvgIpc) is 2.64. The first-order chi connectivity index (χ1) is 13.3. The van der Waals surface area contributed by atoms with Gasteiger partial charge in [0.1, 0.15) is 23.0 Å². The lowest BCUT2D eigenvalue weighted by molar-refractivity contribution is -0.274. The lowest BCUT2D eigenvalue weighted by Crippen LogP contribution is -2.17. The van der Waals surface area contributed by atoms with Crippen LogP contribution in [0.4, 0.5) is 19.0 Å². The zero-order chi connectivity index (χ0) is 20.7. The third-order valence-corrected chi connectivity index (χ3v) is 4.26. The third-order valence-electron chi connectivity index (χ3n) is 3.99. The topological polar surface area (TPSA) is 56.3 Å². The number of hydrogen-bond acceptors (Lipinski definition) is 5. The second kappa shape index (κ2) is 9.82. The van der Waals surface area contributed by atoms with Crippen LogP contribution in [0.2, 0.25) is 5.15 Å². The number of alkyl halides is 3. The summed E-state index contributed by atoms with van der Waals surface area (Å²) in [4.78, 5) is 8.97. The summed E-state index contributed by atoms with van der Waals surface area (Å²) in [6.07, 6.45) is -0.941. The number of methoxy groups -OCH3 is 1. The van der Waals surface area contributed by atoms with Crippen LogP contribution >= 0.6 is 11.6 Å². The minimum atomic E-state index is -4.79. The Balaban J connectivity index is 2.36. The molecule has 0 saturated heterocycles. The van der Waals surface area contributed by atoms with Crippen LogP contribution in [0.25, 0.3) is 11.3 Å². The summed E-state index contributed by atoms with van der Waals surface area (Å²) in [5.74, 6) is 0.383. The molecule has 0 bridgehead atoms. The van der Waals surface area contributed by atoms with Gasteiger partial charge in [-0.1, -0.05) is 38.3 Å². The lowest BCUT2D eigenvalue weighted by atomic mass is 10.1. The second-order valence-corrected chi connectivity index (χ2v) is 6.41. The molecule has 0 aliphatic rings. The van der Waals surface area contributed by atoms with E-state index in [1.54, 1.807) is 0 Å². The van der Waals surface area contributed by atoms with Gasteiger partial charge in [-0.05, 0) is 25.0 Å². The summed E-state index contributed by atoms with van der Waals surface area (Å²) >= 11 is 6.33. The van der Waals surface area contributed by atoms with Gasteiger partial charge in [-0.2, -0.15) is 0 Å². The van der Waals surface area contributed by atoms with E-state index in [0.717, 1.165) is 31.9 Å². The number of ether oxygens (including phenoxy) is 2. The van der Waals surface area contributed by atoms with Crippen molar-refractivity contribution < 1.29 is 22.6 Å². The lowest BCUT2D eigenvalue weighted by Gasteiger charge is -2.15. The summed E-state index contributed by atoms with van der Waals surface area (Å²) in [6.45, 7) is 4.83. The van der Waals surface area contributed by atoms with Gasteiger partial charge < -0.3 is 14.8 Å². The molecule has 0 amide bonds. The highest BCUT2D eigenvalue weighted by Gasteiger charge is 2.31. The summed E-state index contributed by atoms with van der Waals surface area (Å²) in [6, 6.07) is 3.75. The van der Waals surface area contributed by atoms with Crippen molar-refractivity contribution in [2.75, 3.05) is 19.0 Å². The Morgan fingerprint density at radius 3 is 2.50 bits per heavy atom.